The van der Waals surface area contributed by atoms with Crippen molar-refractivity contribution in [2.45, 2.75) is 40.7 Å². The molecule has 1 aromatic carbocycles. The van der Waals surface area contributed by atoms with Gasteiger partial charge in [-0.15, -0.1) is 0 Å². The lowest BCUT2D eigenvalue weighted by molar-refractivity contribution is -0.145. The first kappa shape index (κ1) is 26.5. The summed E-state index contributed by atoms with van der Waals surface area (Å²) < 4.78 is 22.0. The fourth-order valence-electron chi connectivity index (χ4n) is 4.22. The molecule has 2 heterocycles. The van der Waals surface area contributed by atoms with Gasteiger partial charge in [0.05, 0.1) is 19.8 Å². The number of morpholine rings is 1. The van der Waals surface area contributed by atoms with E-state index in [2.05, 4.69) is 23.6 Å². The minimum Gasteiger partial charge on any atom is -0.480 e. The van der Waals surface area contributed by atoms with Crippen molar-refractivity contribution >= 4 is 28.5 Å². The highest BCUT2D eigenvalue weighted by molar-refractivity contribution is 6.36. The third-order valence-electron chi connectivity index (χ3n) is 6.26. The minimum absolute atomic E-state index is 0.195. The second-order valence-corrected chi connectivity index (χ2v) is 8.69. The van der Waals surface area contributed by atoms with Crippen molar-refractivity contribution in [3.63, 3.8) is 0 Å². The first-order chi connectivity index (χ1) is 16.4. The number of carbonyl (C=O) groups excluding carboxylic acids is 1. The van der Waals surface area contributed by atoms with Crippen LogP contribution in [0.3, 0.4) is 0 Å². The second kappa shape index (κ2) is 12.5. The molecule has 0 unspecified atom stereocenters. The molecule has 1 aliphatic heterocycles. The molecule has 0 amide bonds. The topological polar surface area (TPSA) is 81.5 Å². The molecule has 0 spiro atoms. The van der Waals surface area contributed by atoms with Gasteiger partial charge >= 0.3 is 11.6 Å². The van der Waals surface area contributed by atoms with E-state index in [1.54, 1.807) is 6.92 Å². The Kier molecular flexibility index (Phi) is 9.76. The molecule has 0 radical (unpaired) electrons. The monoisotopic (exact) mass is 494 g/mol. The predicted molar refractivity (Wildman–Crippen MR) is 132 cm³/mol. The number of rotatable bonds is 11. The maximum Gasteiger partial charge on any atom is 0.344 e. The van der Waals surface area contributed by atoms with Crippen LogP contribution in [0.15, 0.2) is 15.3 Å². The van der Waals surface area contributed by atoms with Crippen LogP contribution in [0.2, 0.25) is 5.02 Å². The molecule has 0 bridgehead atoms. The van der Waals surface area contributed by atoms with Crippen LogP contribution in [0.1, 0.15) is 37.5 Å². The number of hydrogen-bond acceptors (Lipinski definition) is 8. The van der Waals surface area contributed by atoms with Gasteiger partial charge in [0.1, 0.15) is 10.8 Å². The molecule has 0 atom stereocenters. The summed E-state index contributed by atoms with van der Waals surface area (Å²) >= 11 is 6.73. The Balaban J connectivity index is 2.03. The highest BCUT2D eigenvalue weighted by Gasteiger charge is 2.23. The fraction of sp³-hybridized carbons (Fsp3) is 0.600. The highest BCUT2D eigenvalue weighted by atomic mass is 35.5. The van der Waals surface area contributed by atoms with E-state index in [1.807, 2.05) is 13.0 Å². The predicted octanol–water partition coefficient (Wildman–Crippen LogP) is 3.41. The first-order valence-corrected chi connectivity index (χ1v) is 12.4. The van der Waals surface area contributed by atoms with E-state index in [0.29, 0.717) is 37.5 Å². The smallest absolute Gasteiger partial charge is 0.344 e. The molecule has 1 aromatic heterocycles. The van der Waals surface area contributed by atoms with Crippen molar-refractivity contribution in [2.75, 3.05) is 59.2 Å². The van der Waals surface area contributed by atoms with Crippen LogP contribution in [-0.4, -0.2) is 74.9 Å². The summed E-state index contributed by atoms with van der Waals surface area (Å²) in [7, 11) is 0. The maximum atomic E-state index is 12.9. The molecule has 2 aromatic rings. The molecule has 3 rings (SSSR count). The molecule has 0 saturated carbocycles. The van der Waals surface area contributed by atoms with E-state index < -0.39 is 11.6 Å². The summed E-state index contributed by atoms with van der Waals surface area (Å²) in [5.41, 5.74) is 2.24. The average molecular weight is 495 g/mol. The fourth-order valence-corrected chi connectivity index (χ4v) is 4.54. The second-order valence-electron chi connectivity index (χ2n) is 8.31. The normalized spacial score (nSPS) is 14.6. The molecule has 34 heavy (non-hydrogen) atoms. The van der Waals surface area contributed by atoms with E-state index in [1.165, 1.54) is 0 Å². The van der Waals surface area contributed by atoms with Crippen LogP contribution in [0.4, 0.5) is 0 Å². The summed E-state index contributed by atoms with van der Waals surface area (Å²) in [5.74, 6) is -0.146. The van der Waals surface area contributed by atoms with Gasteiger partial charge in [-0.1, -0.05) is 25.4 Å². The minimum atomic E-state index is -0.486. The molecule has 188 valence electrons. The van der Waals surface area contributed by atoms with Crippen LogP contribution in [0.5, 0.6) is 5.75 Å². The lowest BCUT2D eigenvalue weighted by Crippen LogP contribution is -2.35. The number of halogens is 1. The molecular formula is C25H35ClN2O6. The molecule has 0 aliphatic carbocycles. The average Bonchev–Trinajstić information content (AvgIpc) is 2.83. The zero-order valence-corrected chi connectivity index (χ0v) is 21.3. The van der Waals surface area contributed by atoms with Crippen molar-refractivity contribution in [1.82, 2.24) is 9.80 Å². The van der Waals surface area contributed by atoms with Crippen molar-refractivity contribution < 1.29 is 23.4 Å². The van der Waals surface area contributed by atoms with Crippen LogP contribution >= 0.6 is 11.6 Å². The number of likely N-dealkylation sites (N-methyl/N-ethyl adjacent to an activating group) is 1. The Labute approximate surface area is 205 Å². The van der Waals surface area contributed by atoms with E-state index in [9.17, 15) is 9.59 Å². The molecule has 8 nitrogen and oxygen atoms in total. The van der Waals surface area contributed by atoms with E-state index in [-0.39, 0.29) is 23.8 Å². The van der Waals surface area contributed by atoms with Crippen molar-refractivity contribution in [3.8, 4) is 5.75 Å². The summed E-state index contributed by atoms with van der Waals surface area (Å²) in [6.07, 6.45) is 0.601. The number of nitrogens with zero attached hydrogens (tertiary/aromatic N) is 2. The Morgan fingerprint density at radius 2 is 1.91 bits per heavy atom. The zero-order valence-electron chi connectivity index (χ0n) is 20.6. The van der Waals surface area contributed by atoms with Crippen LogP contribution in [-0.2, 0) is 27.2 Å². The third kappa shape index (κ3) is 6.30. The van der Waals surface area contributed by atoms with Gasteiger partial charge in [-0.25, -0.2) is 9.59 Å². The molecule has 1 saturated heterocycles. The quantitative estimate of drug-likeness (QED) is 0.347. The molecule has 1 aliphatic rings. The summed E-state index contributed by atoms with van der Waals surface area (Å²) in [6, 6.07) is 1.97. The van der Waals surface area contributed by atoms with Gasteiger partial charge in [0.25, 0.3) is 0 Å². The third-order valence-corrected chi connectivity index (χ3v) is 6.60. The molecule has 9 heteroatoms. The largest absolute Gasteiger partial charge is 0.480 e. The van der Waals surface area contributed by atoms with Gasteiger partial charge in [0.15, 0.2) is 12.2 Å². The Bertz CT molecular complexity index is 1040. The van der Waals surface area contributed by atoms with E-state index in [4.69, 9.17) is 30.2 Å². The van der Waals surface area contributed by atoms with Crippen LogP contribution in [0.25, 0.3) is 11.0 Å². The summed E-state index contributed by atoms with van der Waals surface area (Å²) in [5, 5.41) is 0.978. The highest BCUT2D eigenvalue weighted by Crippen LogP contribution is 2.38. The summed E-state index contributed by atoms with van der Waals surface area (Å²) in [6.45, 7) is 13.9. The number of fused-ring (bicyclic) bond motifs is 1. The first-order valence-electron chi connectivity index (χ1n) is 12.0. The molecular weight excluding hydrogens is 460 g/mol. The number of ether oxygens (including phenoxy) is 3. The standard InChI is InChI=1S/C25H35ClN2O6/c1-5-27(6-2)9-8-19-17(4)20-14-18(15-28-10-12-31-13-11-28)23(33-16-21(29)32-7-3)22(26)24(20)34-25(19)30/h14H,5-13,15-16H2,1-4H3. The van der Waals surface area contributed by atoms with E-state index in [0.717, 1.165) is 49.2 Å². The lowest BCUT2D eigenvalue weighted by Gasteiger charge is -2.27. The van der Waals surface area contributed by atoms with Gasteiger partial charge in [0, 0.05) is 42.7 Å². The van der Waals surface area contributed by atoms with Gasteiger partial charge in [-0.3, -0.25) is 4.90 Å². The number of hydrogen-bond donors (Lipinski definition) is 0. The number of esters is 1. The van der Waals surface area contributed by atoms with Gasteiger partial charge in [-0.2, -0.15) is 0 Å². The molecule has 1 fully saturated rings. The van der Waals surface area contributed by atoms with Crippen molar-refractivity contribution in [1.29, 1.82) is 0 Å². The van der Waals surface area contributed by atoms with Gasteiger partial charge in [-0.05, 0) is 45.0 Å². The van der Waals surface area contributed by atoms with Gasteiger partial charge < -0.3 is 23.5 Å². The number of benzene rings is 1. The van der Waals surface area contributed by atoms with Crippen LogP contribution in [0, 0.1) is 6.92 Å². The van der Waals surface area contributed by atoms with Crippen molar-refractivity contribution in [2.24, 2.45) is 0 Å². The Morgan fingerprint density at radius 1 is 1.21 bits per heavy atom. The Hall–Kier alpha value is -2.13. The van der Waals surface area contributed by atoms with E-state index >= 15 is 0 Å². The molecule has 0 N–H and O–H groups in total. The number of carbonyl (C=O) groups is 1. The van der Waals surface area contributed by atoms with Crippen molar-refractivity contribution in [3.05, 3.63) is 38.2 Å². The SMILES string of the molecule is CCOC(=O)COc1c(CN2CCOCC2)cc2c(C)c(CCN(CC)CC)c(=O)oc2c1Cl. The number of aryl methyl sites for hydroxylation is 1. The maximum absolute atomic E-state index is 12.9. The lowest BCUT2D eigenvalue weighted by atomic mass is 10.0. The zero-order chi connectivity index (χ0) is 24.7. The summed E-state index contributed by atoms with van der Waals surface area (Å²) in [4.78, 5) is 29.3. The van der Waals surface area contributed by atoms with Crippen LogP contribution < -0.4 is 10.4 Å². The van der Waals surface area contributed by atoms with Gasteiger partial charge in [0.2, 0.25) is 0 Å². The Morgan fingerprint density at radius 3 is 2.56 bits per heavy atom.